The number of hydrogen-bond donors (Lipinski definition) is 1. The molecule has 0 spiro atoms. The van der Waals surface area contributed by atoms with E-state index < -0.39 is 5.82 Å². The minimum atomic E-state index is -0.405. The van der Waals surface area contributed by atoms with Crippen molar-refractivity contribution in [1.29, 1.82) is 0 Å². The third kappa shape index (κ3) is 2.95. The second-order valence-corrected chi connectivity index (χ2v) is 7.56. The Morgan fingerprint density at radius 1 is 1.19 bits per heavy atom. The lowest BCUT2D eigenvalue weighted by Crippen LogP contribution is -2.38. The van der Waals surface area contributed by atoms with Crippen LogP contribution >= 0.6 is 23.2 Å². The van der Waals surface area contributed by atoms with Crippen molar-refractivity contribution in [2.24, 2.45) is 17.8 Å². The molecule has 1 nitrogen and oxygen atoms in total. The molecule has 5 atom stereocenters. The Hall–Kier alpha value is -0.310. The Balaban J connectivity index is 1.72. The summed E-state index contributed by atoms with van der Waals surface area (Å²) in [7, 11) is 0. The van der Waals surface area contributed by atoms with Crippen LogP contribution in [0.3, 0.4) is 0 Å². The van der Waals surface area contributed by atoms with Gasteiger partial charge in [0.05, 0.1) is 5.02 Å². The highest BCUT2D eigenvalue weighted by atomic mass is 35.5. The van der Waals surface area contributed by atoms with Crippen molar-refractivity contribution in [3.05, 3.63) is 33.6 Å². The van der Waals surface area contributed by atoms with Gasteiger partial charge in [0.25, 0.3) is 0 Å². The standard InChI is InChI=1S/C17H22Cl2FN/c1-9(13-8-11-3-4-12(13)7-11)21-10(2)16-14(18)5-6-15(20)17(16)19/h5-6,9-13,21H,3-4,7-8H2,1-2H3. The normalized spacial score (nSPS) is 30.6. The van der Waals surface area contributed by atoms with Gasteiger partial charge in [-0.05, 0) is 63.0 Å². The van der Waals surface area contributed by atoms with Crippen LogP contribution in [-0.2, 0) is 0 Å². The van der Waals surface area contributed by atoms with Crippen LogP contribution in [0.25, 0.3) is 0 Å². The van der Waals surface area contributed by atoms with Crippen molar-refractivity contribution in [2.75, 3.05) is 0 Å². The van der Waals surface area contributed by atoms with Gasteiger partial charge in [-0.25, -0.2) is 4.39 Å². The van der Waals surface area contributed by atoms with Gasteiger partial charge >= 0.3 is 0 Å². The van der Waals surface area contributed by atoms with Crippen LogP contribution in [0.5, 0.6) is 0 Å². The molecule has 1 aromatic carbocycles. The van der Waals surface area contributed by atoms with E-state index in [0.717, 1.165) is 17.8 Å². The second kappa shape index (κ2) is 6.06. The maximum absolute atomic E-state index is 13.7. The topological polar surface area (TPSA) is 12.0 Å². The highest BCUT2D eigenvalue weighted by Gasteiger charge is 2.42. The number of nitrogens with one attached hydrogen (secondary N) is 1. The molecule has 0 radical (unpaired) electrons. The Morgan fingerprint density at radius 3 is 2.57 bits per heavy atom. The van der Waals surface area contributed by atoms with Gasteiger partial charge in [-0.1, -0.05) is 29.6 Å². The largest absolute Gasteiger partial charge is 0.307 e. The molecular weight excluding hydrogens is 308 g/mol. The summed E-state index contributed by atoms with van der Waals surface area (Å²) in [5.74, 6) is 2.12. The molecule has 2 saturated carbocycles. The van der Waals surface area contributed by atoms with Gasteiger partial charge in [0.15, 0.2) is 0 Å². The van der Waals surface area contributed by atoms with Gasteiger partial charge in [-0.2, -0.15) is 0 Å². The lowest BCUT2D eigenvalue weighted by atomic mass is 9.83. The van der Waals surface area contributed by atoms with Gasteiger partial charge in [0.2, 0.25) is 0 Å². The highest BCUT2D eigenvalue weighted by molar-refractivity contribution is 6.36. The summed E-state index contributed by atoms with van der Waals surface area (Å²) in [5, 5.41) is 4.27. The number of hydrogen-bond acceptors (Lipinski definition) is 1. The number of rotatable bonds is 4. The zero-order valence-electron chi connectivity index (χ0n) is 12.5. The number of fused-ring (bicyclic) bond motifs is 2. The molecule has 0 heterocycles. The minimum Gasteiger partial charge on any atom is -0.307 e. The average molecular weight is 330 g/mol. The summed E-state index contributed by atoms with van der Waals surface area (Å²) in [5.41, 5.74) is 0.674. The molecule has 4 heteroatoms. The van der Waals surface area contributed by atoms with Crippen molar-refractivity contribution < 1.29 is 4.39 Å². The Labute approximate surface area is 136 Å². The lowest BCUT2D eigenvalue weighted by molar-refractivity contribution is 0.248. The van der Waals surface area contributed by atoms with E-state index in [1.54, 1.807) is 6.07 Å². The van der Waals surface area contributed by atoms with Crippen molar-refractivity contribution in [1.82, 2.24) is 5.32 Å². The molecule has 0 aromatic heterocycles. The number of halogens is 3. The monoisotopic (exact) mass is 329 g/mol. The lowest BCUT2D eigenvalue weighted by Gasteiger charge is -2.31. The summed E-state index contributed by atoms with van der Waals surface area (Å²) in [6.07, 6.45) is 5.50. The van der Waals surface area contributed by atoms with Crippen LogP contribution in [0, 0.1) is 23.6 Å². The summed E-state index contributed by atoms with van der Waals surface area (Å²) in [4.78, 5) is 0. The zero-order chi connectivity index (χ0) is 15.1. The molecule has 5 unspecified atom stereocenters. The third-order valence-corrected chi connectivity index (χ3v) is 6.17. The minimum absolute atomic E-state index is 0.0465. The Kier molecular flexibility index (Phi) is 4.50. The molecular formula is C17H22Cl2FN. The molecule has 1 N–H and O–H groups in total. The SMILES string of the molecule is CC(NC(C)C1CC2CCC1C2)c1c(Cl)ccc(F)c1Cl. The molecule has 2 bridgehead atoms. The fourth-order valence-corrected chi connectivity index (χ4v) is 5.15. The van der Waals surface area contributed by atoms with E-state index in [9.17, 15) is 4.39 Å². The molecule has 2 aliphatic rings. The van der Waals surface area contributed by atoms with Crippen LogP contribution in [0.4, 0.5) is 4.39 Å². The second-order valence-electron chi connectivity index (χ2n) is 6.77. The fourth-order valence-electron chi connectivity index (χ4n) is 4.45. The Morgan fingerprint density at radius 2 is 1.95 bits per heavy atom. The van der Waals surface area contributed by atoms with Crippen LogP contribution in [-0.4, -0.2) is 6.04 Å². The summed E-state index contributed by atoms with van der Waals surface area (Å²) in [6.45, 7) is 4.25. The molecule has 0 saturated heterocycles. The van der Waals surface area contributed by atoms with E-state index in [2.05, 4.69) is 12.2 Å². The number of benzene rings is 1. The van der Waals surface area contributed by atoms with E-state index in [4.69, 9.17) is 23.2 Å². The van der Waals surface area contributed by atoms with Gasteiger partial charge < -0.3 is 5.32 Å². The molecule has 3 rings (SSSR count). The van der Waals surface area contributed by atoms with E-state index >= 15 is 0 Å². The van der Waals surface area contributed by atoms with Gasteiger partial charge in [-0.15, -0.1) is 0 Å². The van der Waals surface area contributed by atoms with Gasteiger partial charge in [0, 0.05) is 22.7 Å². The van der Waals surface area contributed by atoms with Crippen LogP contribution in [0.2, 0.25) is 10.0 Å². The predicted molar refractivity (Wildman–Crippen MR) is 86.4 cm³/mol. The van der Waals surface area contributed by atoms with Crippen LogP contribution in [0.1, 0.15) is 51.1 Å². The molecule has 0 aliphatic heterocycles. The maximum atomic E-state index is 13.7. The first-order chi connectivity index (χ1) is 9.97. The van der Waals surface area contributed by atoms with E-state index in [0.29, 0.717) is 16.6 Å². The first-order valence-electron chi connectivity index (χ1n) is 7.86. The van der Waals surface area contributed by atoms with Crippen LogP contribution < -0.4 is 5.32 Å². The van der Waals surface area contributed by atoms with Gasteiger partial charge in [-0.3, -0.25) is 0 Å². The van der Waals surface area contributed by atoms with Crippen molar-refractivity contribution in [2.45, 2.75) is 51.6 Å². The predicted octanol–water partition coefficient (Wildman–Crippen LogP) is 5.61. The molecule has 1 aromatic rings. The van der Waals surface area contributed by atoms with Crippen molar-refractivity contribution in [3.63, 3.8) is 0 Å². The summed E-state index contributed by atoms with van der Waals surface area (Å²) in [6, 6.07) is 3.26. The average Bonchev–Trinajstić information content (AvgIpc) is 3.06. The molecule has 0 amide bonds. The molecule has 116 valence electrons. The quantitative estimate of drug-likeness (QED) is 0.708. The molecule has 2 fully saturated rings. The fraction of sp³-hybridized carbons (Fsp3) is 0.647. The van der Waals surface area contributed by atoms with Crippen LogP contribution in [0.15, 0.2) is 12.1 Å². The highest BCUT2D eigenvalue weighted by Crippen LogP contribution is 2.49. The zero-order valence-corrected chi connectivity index (χ0v) is 14.0. The van der Waals surface area contributed by atoms with Gasteiger partial charge in [0.1, 0.15) is 5.82 Å². The summed E-state index contributed by atoms with van der Waals surface area (Å²) < 4.78 is 13.7. The molecule has 21 heavy (non-hydrogen) atoms. The Bertz CT molecular complexity index is 534. The van der Waals surface area contributed by atoms with E-state index in [1.165, 1.54) is 31.7 Å². The van der Waals surface area contributed by atoms with Crippen molar-refractivity contribution in [3.8, 4) is 0 Å². The molecule has 2 aliphatic carbocycles. The summed E-state index contributed by atoms with van der Waals surface area (Å²) >= 11 is 12.3. The first kappa shape index (κ1) is 15.6. The first-order valence-corrected chi connectivity index (χ1v) is 8.62. The van der Waals surface area contributed by atoms with E-state index in [1.807, 2.05) is 6.92 Å². The van der Waals surface area contributed by atoms with Crippen molar-refractivity contribution >= 4 is 23.2 Å². The smallest absolute Gasteiger partial charge is 0.142 e. The maximum Gasteiger partial charge on any atom is 0.142 e. The van der Waals surface area contributed by atoms with E-state index in [-0.39, 0.29) is 11.1 Å². The third-order valence-electron chi connectivity index (χ3n) is 5.46.